The summed E-state index contributed by atoms with van der Waals surface area (Å²) < 4.78 is 1.03. The fraction of sp³-hybridized carbons (Fsp3) is 1.00. The van der Waals surface area contributed by atoms with Gasteiger partial charge in [0.05, 0.1) is 0 Å². The van der Waals surface area contributed by atoms with Crippen LogP contribution in [0, 0.1) is 0 Å². The summed E-state index contributed by atoms with van der Waals surface area (Å²) in [6.45, 7) is 4.51. The maximum atomic E-state index is 2.25. The van der Waals surface area contributed by atoms with E-state index in [2.05, 4.69) is 13.8 Å². The Kier molecular flexibility index (Phi) is 39.9. The second kappa shape index (κ2) is 15.9. The maximum absolute atomic E-state index is 2.25. The van der Waals surface area contributed by atoms with Gasteiger partial charge in [-0.05, 0) is 0 Å². The standard InChI is InChI=1S/C5H11.3H2O.Sb.H/c1-3-5-4-2;;;;;/h5H,3-4H2,1-2H3;3*1H2;;. The van der Waals surface area contributed by atoms with Gasteiger partial charge >= 0.3 is 53.6 Å². The summed E-state index contributed by atoms with van der Waals surface area (Å²) in [5, 5.41) is 0. The van der Waals surface area contributed by atoms with E-state index in [0.29, 0.717) is 0 Å². The van der Waals surface area contributed by atoms with Crippen molar-refractivity contribution in [1.29, 1.82) is 0 Å². The van der Waals surface area contributed by atoms with Crippen molar-refractivity contribution < 1.29 is 16.4 Å². The molecule has 0 atom stereocenters. The number of rotatable bonds is 2. The largest absolute Gasteiger partial charge is 0.412 e. The maximum Gasteiger partial charge on any atom is -0.412 e. The summed E-state index contributed by atoms with van der Waals surface area (Å²) in [5.41, 5.74) is 0. The van der Waals surface area contributed by atoms with Crippen LogP contribution in [0.25, 0.3) is 0 Å². The molecule has 0 rings (SSSR count). The van der Waals surface area contributed by atoms with Crippen LogP contribution in [0.2, 0.25) is 3.86 Å². The Morgan fingerprint density at radius 2 is 1.22 bits per heavy atom. The van der Waals surface area contributed by atoms with E-state index in [1.165, 1.54) is 12.8 Å². The topological polar surface area (TPSA) is 94.5 Å². The first kappa shape index (κ1) is 22.6. The Bertz CT molecular complexity index is 31.4. The van der Waals surface area contributed by atoms with Crippen molar-refractivity contribution >= 4 is 23.0 Å². The second-order valence-electron chi connectivity index (χ2n) is 1.51. The quantitative estimate of drug-likeness (QED) is 0.561. The molecule has 0 heterocycles. The van der Waals surface area contributed by atoms with Crippen molar-refractivity contribution in [1.82, 2.24) is 0 Å². The third-order valence-electron chi connectivity index (χ3n) is 0.986. The predicted octanol–water partition coefficient (Wildman–Crippen LogP) is -0.978. The van der Waals surface area contributed by atoms with E-state index in [4.69, 9.17) is 0 Å². The molecular formula is C5H18O3Sb. The Labute approximate surface area is 70.2 Å². The van der Waals surface area contributed by atoms with Gasteiger partial charge in [-0.1, -0.05) is 0 Å². The van der Waals surface area contributed by atoms with Gasteiger partial charge in [0, 0.05) is 0 Å². The molecule has 3 nitrogen and oxygen atoms in total. The normalized spacial score (nSPS) is 6.67. The van der Waals surface area contributed by atoms with E-state index in [9.17, 15) is 0 Å². The molecule has 0 aliphatic rings. The molecule has 0 amide bonds. The molecule has 0 aromatic heterocycles. The monoisotopic (exact) mass is 247 g/mol. The molecule has 1 radical (unpaired) electrons. The van der Waals surface area contributed by atoms with E-state index in [-0.39, 0.29) is 16.4 Å². The van der Waals surface area contributed by atoms with E-state index >= 15 is 0 Å². The fourth-order valence-corrected chi connectivity index (χ4v) is 0.289. The molecule has 0 aromatic carbocycles. The number of hydrogen-bond donors (Lipinski definition) is 0. The summed E-state index contributed by atoms with van der Waals surface area (Å²) in [6.07, 6.45) is 2.74. The average Bonchev–Trinajstić information content (AvgIpc) is 1.65. The van der Waals surface area contributed by atoms with Crippen LogP contribution in [-0.2, 0) is 0 Å². The van der Waals surface area contributed by atoms with Crippen molar-refractivity contribution in [3.8, 4) is 0 Å². The summed E-state index contributed by atoms with van der Waals surface area (Å²) in [5.74, 6) is 0. The molecule has 0 unspecified atom stereocenters. The summed E-state index contributed by atoms with van der Waals surface area (Å²) in [7, 11) is 0. The molecule has 6 N–H and O–H groups in total. The van der Waals surface area contributed by atoms with Crippen molar-refractivity contribution in [2.75, 3.05) is 0 Å². The van der Waals surface area contributed by atoms with Gasteiger partial charge in [0.15, 0.2) is 0 Å². The first-order valence-corrected chi connectivity index (χ1v) is 4.17. The van der Waals surface area contributed by atoms with Crippen LogP contribution in [0.5, 0.6) is 0 Å². The third kappa shape index (κ3) is 17.7. The van der Waals surface area contributed by atoms with Gasteiger partial charge in [0.1, 0.15) is 0 Å². The zero-order chi connectivity index (χ0) is 4.99. The second-order valence-corrected chi connectivity index (χ2v) is 3.84. The van der Waals surface area contributed by atoms with Gasteiger partial charge in [0.25, 0.3) is 0 Å². The Balaban J connectivity index is -0.0000000417. The molecular weight excluding hydrogens is 230 g/mol. The van der Waals surface area contributed by atoms with Crippen LogP contribution < -0.4 is 0 Å². The zero-order valence-corrected chi connectivity index (χ0v) is 8.85. The molecule has 0 aliphatic heterocycles. The van der Waals surface area contributed by atoms with Crippen molar-refractivity contribution in [2.24, 2.45) is 0 Å². The molecule has 4 heteroatoms. The average molecular weight is 248 g/mol. The first-order valence-electron chi connectivity index (χ1n) is 2.52. The van der Waals surface area contributed by atoms with Crippen LogP contribution in [0.1, 0.15) is 26.7 Å². The van der Waals surface area contributed by atoms with Crippen molar-refractivity contribution in [3.63, 3.8) is 0 Å². The molecule has 0 spiro atoms. The third-order valence-corrected chi connectivity index (χ3v) is 3.32. The molecule has 9 heavy (non-hydrogen) atoms. The predicted molar refractivity (Wildman–Crippen MR) is 42.3 cm³/mol. The van der Waals surface area contributed by atoms with E-state index in [1.54, 1.807) is 23.0 Å². The molecule has 0 saturated heterocycles. The summed E-state index contributed by atoms with van der Waals surface area (Å²) in [4.78, 5) is 0. The van der Waals surface area contributed by atoms with E-state index in [0.717, 1.165) is 3.86 Å². The zero-order valence-electron chi connectivity index (χ0n) is 5.99. The van der Waals surface area contributed by atoms with Crippen LogP contribution in [0.15, 0.2) is 0 Å². The summed E-state index contributed by atoms with van der Waals surface area (Å²) in [6, 6.07) is 0. The van der Waals surface area contributed by atoms with E-state index in [1.807, 2.05) is 0 Å². The van der Waals surface area contributed by atoms with Gasteiger partial charge in [-0.2, -0.15) is 0 Å². The minimum absolute atomic E-state index is 0. The van der Waals surface area contributed by atoms with Crippen molar-refractivity contribution in [2.45, 2.75) is 30.6 Å². The molecule has 0 fully saturated rings. The smallest absolute Gasteiger partial charge is 0.412 e. The minimum Gasteiger partial charge on any atom is -0.412 e. The molecule has 0 saturated carbocycles. The van der Waals surface area contributed by atoms with Gasteiger partial charge in [-0.3, -0.25) is 0 Å². The van der Waals surface area contributed by atoms with Gasteiger partial charge in [0.2, 0.25) is 0 Å². The van der Waals surface area contributed by atoms with Gasteiger partial charge < -0.3 is 16.4 Å². The first-order chi connectivity index (χ1) is 2.81. The number of hydrogen-bond acceptors (Lipinski definition) is 0. The molecule has 61 valence electrons. The van der Waals surface area contributed by atoms with Gasteiger partial charge in [-0.25, -0.2) is 0 Å². The fourth-order valence-electron chi connectivity index (χ4n) is 0.289. The Hall–Kier alpha value is 0.698. The molecule has 0 aromatic rings. The minimum atomic E-state index is 0. The SMILES string of the molecule is CC[CH]([SbH])CC.O.O.O. The van der Waals surface area contributed by atoms with Crippen LogP contribution in [0.4, 0.5) is 0 Å². The van der Waals surface area contributed by atoms with Gasteiger partial charge in [-0.15, -0.1) is 0 Å². The van der Waals surface area contributed by atoms with Crippen LogP contribution in [-0.4, -0.2) is 39.5 Å². The molecule has 0 bridgehead atoms. The van der Waals surface area contributed by atoms with Crippen LogP contribution >= 0.6 is 0 Å². The Morgan fingerprint density at radius 3 is 1.22 bits per heavy atom. The van der Waals surface area contributed by atoms with E-state index < -0.39 is 0 Å². The molecule has 0 aliphatic carbocycles. The van der Waals surface area contributed by atoms with Crippen LogP contribution in [0.3, 0.4) is 0 Å². The Morgan fingerprint density at radius 1 is 1.00 bits per heavy atom. The van der Waals surface area contributed by atoms with Crippen molar-refractivity contribution in [3.05, 3.63) is 0 Å². The summed E-state index contributed by atoms with van der Waals surface area (Å²) >= 11 is 1.70.